The lowest BCUT2D eigenvalue weighted by atomic mass is 9.85. The lowest BCUT2D eigenvalue weighted by Crippen LogP contribution is -2.08. The number of benzene rings is 1. The van der Waals surface area contributed by atoms with E-state index in [9.17, 15) is 0 Å². The maximum absolute atomic E-state index is 5.90. The molecule has 2 N–H and O–H groups in total. The molecule has 88 valence electrons. The van der Waals surface area contributed by atoms with Gasteiger partial charge in [0, 0.05) is 17.2 Å². The summed E-state index contributed by atoms with van der Waals surface area (Å²) in [5.41, 5.74) is 9.72. The third-order valence-electron chi connectivity index (χ3n) is 3.55. The molecule has 0 saturated heterocycles. The molecule has 0 aliphatic heterocycles. The Labute approximate surface area is 101 Å². The Morgan fingerprint density at radius 1 is 1.35 bits per heavy atom. The predicted molar refractivity (Wildman–Crippen MR) is 67.7 cm³/mol. The highest BCUT2D eigenvalue weighted by Crippen LogP contribution is 2.36. The first-order chi connectivity index (χ1) is 8.24. The van der Waals surface area contributed by atoms with Crippen LogP contribution in [0.5, 0.6) is 0 Å². The van der Waals surface area contributed by atoms with Gasteiger partial charge in [-0.25, -0.2) is 4.98 Å². The first-order valence-corrected chi connectivity index (χ1v) is 6.06. The molecule has 0 unspecified atom stereocenters. The third-order valence-corrected chi connectivity index (χ3v) is 3.55. The molecule has 1 aromatic carbocycles. The Morgan fingerprint density at radius 2 is 2.18 bits per heavy atom. The summed E-state index contributed by atoms with van der Waals surface area (Å²) < 4.78 is 5.54. The van der Waals surface area contributed by atoms with Crippen molar-refractivity contribution >= 4 is 5.69 Å². The molecule has 0 atom stereocenters. The first kappa shape index (κ1) is 10.4. The van der Waals surface area contributed by atoms with Gasteiger partial charge in [-0.3, -0.25) is 0 Å². The van der Waals surface area contributed by atoms with Gasteiger partial charge >= 0.3 is 0 Å². The Kier molecular flexibility index (Phi) is 2.39. The van der Waals surface area contributed by atoms with E-state index < -0.39 is 0 Å². The number of nitrogens with zero attached hydrogens (tertiary/aromatic N) is 1. The second-order valence-electron chi connectivity index (χ2n) is 4.77. The van der Waals surface area contributed by atoms with Gasteiger partial charge in [0.05, 0.1) is 0 Å². The summed E-state index contributed by atoms with van der Waals surface area (Å²) in [4.78, 5) is 4.55. The predicted octanol–water partition coefficient (Wildman–Crippen LogP) is 3.50. The van der Waals surface area contributed by atoms with Crippen molar-refractivity contribution in [2.45, 2.75) is 32.1 Å². The van der Waals surface area contributed by atoms with E-state index in [1.807, 2.05) is 25.1 Å². The highest BCUT2D eigenvalue weighted by atomic mass is 16.3. The maximum atomic E-state index is 5.90. The molecule has 17 heavy (non-hydrogen) atoms. The number of hydrogen-bond acceptors (Lipinski definition) is 3. The van der Waals surface area contributed by atoms with E-state index in [1.165, 1.54) is 19.3 Å². The Balaban J connectivity index is 1.92. The van der Waals surface area contributed by atoms with Crippen molar-refractivity contribution in [2.75, 3.05) is 5.73 Å². The summed E-state index contributed by atoms with van der Waals surface area (Å²) in [7, 11) is 0. The topological polar surface area (TPSA) is 52.0 Å². The normalized spacial score (nSPS) is 15.8. The molecule has 1 heterocycles. The third kappa shape index (κ3) is 1.82. The zero-order valence-electron chi connectivity index (χ0n) is 9.94. The van der Waals surface area contributed by atoms with Gasteiger partial charge in [0.1, 0.15) is 12.0 Å². The van der Waals surface area contributed by atoms with E-state index in [-0.39, 0.29) is 0 Å². The summed E-state index contributed by atoms with van der Waals surface area (Å²) in [6, 6.07) is 6.01. The van der Waals surface area contributed by atoms with Gasteiger partial charge in [0.25, 0.3) is 0 Å². The molecule has 2 aromatic rings. The molecule has 1 saturated carbocycles. The number of nitrogens with two attached hydrogens (primary N) is 1. The van der Waals surface area contributed by atoms with Gasteiger partial charge in [-0.15, -0.1) is 0 Å². The summed E-state index contributed by atoms with van der Waals surface area (Å²) in [5, 5.41) is 0. The Hall–Kier alpha value is -1.77. The van der Waals surface area contributed by atoms with Crippen molar-refractivity contribution in [1.29, 1.82) is 0 Å². The zero-order valence-corrected chi connectivity index (χ0v) is 9.94. The van der Waals surface area contributed by atoms with Crippen molar-refractivity contribution in [3.8, 4) is 11.3 Å². The summed E-state index contributed by atoms with van der Waals surface area (Å²) in [6.45, 7) is 2.00. The molecule has 1 fully saturated rings. The maximum Gasteiger partial charge on any atom is 0.197 e. The number of aromatic nitrogens is 1. The average Bonchev–Trinajstić information content (AvgIpc) is 2.69. The van der Waals surface area contributed by atoms with Crippen LogP contribution >= 0.6 is 0 Å². The number of aryl methyl sites for hydroxylation is 1. The van der Waals surface area contributed by atoms with E-state index >= 15 is 0 Å². The van der Waals surface area contributed by atoms with Crippen LogP contribution in [0.4, 0.5) is 5.69 Å². The van der Waals surface area contributed by atoms with Crippen molar-refractivity contribution in [3.05, 3.63) is 35.9 Å². The number of hydrogen-bond donors (Lipinski definition) is 1. The van der Waals surface area contributed by atoms with Crippen LogP contribution < -0.4 is 5.73 Å². The second kappa shape index (κ2) is 3.91. The second-order valence-corrected chi connectivity index (χ2v) is 4.77. The Morgan fingerprint density at radius 3 is 2.82 bits per heavy atom. The fourth-order valence-corrected chi connectivity index (χ4v) is 2.06. The van der Waals surface area contributed by atoms with Crippen molar-refractivity contribution in [3.63, 3.8) is 0 Å². The van der Waals surface area contributed by atoms with Crippen LogP contribution in [-0.4, -0.2) is 4.98 Å². The molecule has 0 bridgehead atoms. The Bertz CT molecular complexity index is 541. The minimum atomic E-state index is 0.534. The van der Waals surface area contributed by atoms with Crippen LogP contribution in [0.25, 0.3) is 11.3 Å². The van der Waals surface area contributed by atoms with Crippen molar-refractivity contribution < 1.29 is 4.42 Å². The van der Waals surface area contributed by atoms with Crippen LogP contribution in [0.2, 0.25) is 0 Å². The van der Waals surface area contributed by atoms with Crippen molar-refractivity contribution in [2.24, 2.45) is 0 Å². The number of nitrogen functional groups attached to an aromatic ring is 1. The zero-order chi connectivity index (χ0) is 11.8. The fourth-order valence-electron chi connectivity index (χ4n) is 2.06. The average molecular weight is 228 g/mol. The van der Waals surface area contributed by atoms with Crippen LogP contribution in [0.3, 0.4) is 0 Å². The molecular weight excluding hydrogens is 212 g/mol. The van der Waals surface area contributed by atoms with Gasteiger partial charge in [0.15, 0.2) is 5.89 Å². The molecule has 1 aliphatic rings. The van der Waals surface area contributed by atoms with Crippen LogP contribution in [0, 0.1) is 6.92 Å². The highest BCUT2D eigenvalue weighted by molar-refractivity contribution is 5.65. The molecule has 0 spiro atoms. The number of rotatable bonds is 2. The quantitative estimate of drug-likeness (QED) is 0.800. The van der Waals surface area contributed by atoms with Gasteiger partial charge in [0.2, 0.25) is 0 Å². The molecule has 0 radical (unpaired) electrons. The highest BCUT2D eigenvalue weighted by Gasteiger charge is 2.24. The van der Waals surface area contributed by atoms with E-state index in [2.05, 4.69) is 4.98 Å². The van der Waals surface area contributed by atoms with E-state index in [0.29, 0.717) is 5.92 Å². The summed E-state index contributed by atoms with van der Waals surface area (Å²) in [5.74, 6) is 1.41. The smallest absolute Gasteiger partial charge is 0.197 e. The molecule has 1 aliphatic carbocycles. The minimum absolute atomic E-state index is 0.534. The molecular formula is C14H16N2O. The lowest BCUT2D eigenvalue weighted by molar-refractivity contribution is 0.335. The van der Waals surface area contributed by atoms with Crippen LogP contribution in [0.15, 0.2) is 28.9 Å². The van der Waals surface area contributed by atoms with E-state index in [1.54, 1.807) is 6.26 Å². The van der Waals surface area contributed by atoms with E-state index in [0.717, 1.165) is 28.4 Å². The summed E-state index contributed by atoms with van der Waals surface area (Å²) in [6.07, 6.45) is 5.43. The van der Waals surface area contributed by atoms with Gasteiger partial charge in [-0.1, -0.05) is 18.6 Å². The molecule has 0 amide bonds. The first-order valence-electron chi connectivity index (χ1n) is 6.06. The standard InChI is InChI=1S/C14H16N2O/c1-9-5-6-11(7-12(9)15)13-8-17-14(16-13)10-3-2-4-10/h5-8,10H,2-4,15H2,1H3. The number of oxazole rings is 1. The monoisotopic (exact) mass is 228 g/mol. The van der Waals surface area contributed by atoms with Gasteiger partial charge < -0.3 is 10.2 Å². The van der Waals surface area contributed by atoms with Crippen molar-refractivity contribution in [1.82, 2.24) is 4.98 Å². The fraction of sp³-hybridized carbons (Fsp3) is 0.357. The lowest BCUT2D eigenvalue weighted by Gasteiger charge is -2.21. The minimum Gasteiger partial charge on any atom is -0.448 e. The molecule has 3 heteroatoms. The van der Waals surface area contributed by atoms with Gasteiger partial charge in [-0.05, 0) is 31.4 Å². The SMILES string of the molecule is Cc1ccc(-c2coc(C3CCC3)n2)cc1N. The van der Waals surface area contributed by atoms with E-state index in [4.69, 9.17) is 10.2 Å². The molecule has 1 aromatic heterocycles. The molecule has 3 rings (SSSR count). The van der Waals surface area contributed by atoms with Crippen LogP contribution in [0.1, 0.15) is 36.6 Å². The molecule has 3 nitrogen and oxygen atoms in total. The summed E-state index contributed by atoms with van der Waals surface area (Å²) >= 11 is 0. The number of anilines is 1. The van der Waals surface area contributed by atoms with Gasteiger partial charge in [-0.2, -0.15) is 0 Å². The van der Waals surface area contributed by atoms with Crippen LogP contribution in [-0.2, 0) is 0 Å². The largest absolute Gasteiger partial charge is 0.448 e.